The summed E-state index contributed by atoms with van der Waals surface area (Å²) >= 11 is 0. The molecule has 2 aromatic carbocycles. The largest absolute Gasteiger partial charge is 0.454 e. The topological polar surface area (TPSA) is 58.1 Å². The highest BCUT2D eigenvalue weighted by atomic mass is 127. The van der Waals surface area contributed by atoms with Crippen LogP contribution in [-0.2, 0) is 6.42 Å². The van der Waals surface area contributed by atoms with E-state index in [9.17, 15) is 0 Å². The third-order valence-corrected chi connectivity index (χ3v) is 5.33. The molecule has 0 bridgehead atoms. The van der Waals surface area contributed by atoms with Gasteiger partial charge in [-0.2, -0.15) is 0 Å². The highest BCUT2D eigenvalue weighted by Gasteiger charge is 2.22. The first-order valence-electron chi connectivity index (χ1n) is 9.95. The lowest BCUT2D eigenvalue weighted by Gasteiger charge is -2.19. The van der Waals surface area contributed by atoms with Crippen LogP contribution in [0.1, 0.15) is 12.0 Å². The van der Waals surface area contributed by atoms with E-state index in [4.69, 9.17) is 9.47 Å². The lowest BCUT2D eigenvalue weighted by molar-refractivity contribution is 0.174. The number of halogens is 1. The van der Waals surface area contributed by atoms with Crippen LogP contribution in [0.2, 0.25) is 0 Å². The summed E-state index contributed by atoms with van der Waals surface area (Å²) in [6, 6.07) is 16.8. The molecule has 2 N–H and O–H groups in total. The van der Waals surface area contributed by atoms with Crippen molar-refractivity contribution in [1.29, 1.82) is 0 Å². The molecule has 156 valence electrons. The number of ether oxygens (including phenoxy) is 2. The second-order valence-corrected chi connectivity index (χ2v) is 7.25. The third kappa shape index (κ3) is 5.68. The molecule has 0 amide bonds. The molecular weight excluding hydrogens is 479 g/mol. The lowest BCUT2D eigenvalue weighted by atomic mass is 10.1. The van der Waals surface area contributed by atoms with Gasteiger partial charge in [-0.3, -0.25) is 4.99 Å². The van der Waals surface area contributed by atoms with E-state index in [1.807, 2.05) is 13.1 Å². The van der Waals surface area contributed by atoms with Gasteiger partial charge >= 0.3 is 0 Å². The Morgan fingerprint density at radius 1 is 1.10 bits per heavy atom. The summed E-state index contributed by atoms with van der Waals surface area (Å²) in [5, 5.41) is 6.88. The fraction of sp³-hybridized carbons (Fsp3) is 0.409. The highest BCUT2D eigenvalue weighted by molar-refractivity contribution is 14.0. The monoisotopic (exact) mass is 508 g/mol. The van der Waals surface area contributed by atoms with Gasteiger partial charge in [0.15, 0.2) is 17.5 Å². The number of hydrogen-bond acceptors (Lipinski definition) is 4. The molecule has 29 heavy (non-hydrogen) atoms. The molecule has 0 spiro atoms. The zero-order valence-electron chi connectivity index (χ0n) is 16.8. The van der Waals surface area contributed by atoms with Crippen molar-refractivity contribution in [3.63, 3.8) is 0 Å². The molecule has 0 saturated carbocycles. The minimum atomic E-state index is 0. The Kier molecular flexibility index (Phi) is 7.85. The van der Waals surface area contributed by atoms with Crippen molar-refractivity contribution in [3.8, 4) is 11.5 Å². The van der Waals surface area contributed by atoms with Gasteiger partial charge < -0.3 is 25.0 Å². The molecule has 2 aliphatic rings. The zero-order chi connectivity index (χ0) is 19.2. The van der Waals surface area contributed by atoms with E-state index in [-0.39, 0.29) is 24.0 Å². The molecule has 2 heterocycles. The van der Waals surface area contributed by atoms with Gasteiger partial charge in [0.05, 0.1) is 0 Å². The van der Waals surface area contributed by atoms with E-state index in [1.54, 1.807) is 0 Å². The molecule has 7 heteroatoms. The molecule has 0 radical (unpaired) electrons. The normalized spacial score (nSPS) is 17.8. The Labute approximate surface area is 189 Å². The molecule has 0 aliphatic carbocycles. The number of aliphatic imine (C=N–C) groups is 1. The molecule has 1 saturated heterocycles. The van der Waals surface area contributed by atoms with Gasteiger partial charge in [0, 0.05) is 38.9 Å². The summed E-state index contributed by atoms with van der Waals surface area (Å²) in [5.74, 6) is 3.16. The maximum Gasteiger partial charge on any atom is 0.231 e. The maximum absolute atomic E-state index is 5.44. The Hall–Kier alpha value is -2.16. The van der Waals surface area contributed by atoms with Crippen LogP contribution in [0.3, 0.4) is 0 Å². The summed E-state index contributed by atoms with van der Waals surface area (Å²) in [4.78, 5) is 6.81. The smallest absolute Gasteiger partial charge is 0.231 e. The predicted molar refractivity (Wildman–Crippen MR) is 128 cm³/mol. The Balaban J connectivity index is 0.00000240. The minimum absolute atomic E-state index is 0. The number of rotatable bonds is 6. The number of benzene rings is 2. The molecule has 2 aliphatic heterocycles. The highest BCUT2D eigenvalue weighted by Crippen LogP contribution is 2.32. The van der Waals surface area contributed by atoms with Crippen molar-refractivity contribution in [2.75, 3.05) is 44.9 Å². The van der Waals surface area contributed by atoms with E-state index in [1.165, 1.54) is 17.7 Å². The Morgan fingerprint density at radius 3 is 2.76 bits per heavy atom. The summed E-state index contributed by atoms with van der Waals surface area (Å²) in [7, 11) is 1.82. The minimum Gasteiger partial charge on any atom is -0.454 e. The van der Waals surface area contributed by atoms with Crippen molar-refractivity contribution >= 4 is 35.6 Å². The molecule has 0 aromatic heterocycles. The van der Waals surface area contributed by atoms with Crippen molar-refractivity contribution in [2.24, 2.45) is 10.9 Å². The van der Waals surface area contributed by atoms with Gasteiger partial charge in [0.2, 0.25) is 6.79 Å². The number of para-hydroxylation sites is 1. The quantitative estimate of drug-likeness (QED) is 0.357. The van der Waals surface area contributed by atoms with Crippen molar-refractivity contribution in [1.82, 2.24) is 10.6 Å². The van der Waals surface area contributed by atoms with Crippen LogP contribution in [0.5, 0.6) is 11.5 Å². The van der Waals surface area contributed by atoms with Crippen LogP contribution in [0.4, 0.5) is 5.69 Å². The summed E-state index contributed by atoms with van der Waals surface area (Å²) in [6.07, 6.45) is 2.11. The van der Waals surface area contributed by atoms with Crippen LogP contribution >= 0.6 is 24.0 Å². The first-order chi connectivity index (χ1) is 13.8. The van der Waals surface area contributed by atoms with E-state index < -0.39 is 0 Å². The first kappa shape index (κ1) is 21.5. The van der Waals surface area contributed by atoms with Gasteiger partial charge in [-0.05, 0) is 48.6 Å². The van der Waals surface area contributed by atoms with Gasteiger partial charge in [-0.1, -0.05) is 24.3 Å². The average molecular weight is 508 g/mol. The van der Waals surface area contributed by atoms with E-state index in [0.29, 0.717) is 12.7 Å². The standard InChI is InChI=1S/C22H28N4O2.HI/c1-23-22(24-11-9-17-7-8-20-21(13-17)28-16-27-20)25-14-18-10-12-26(15-18)19-5-3-2-4-6-19;/h2-8,13,18H,9-12,14-16H2,1H3,(H2,23,24,25);1H. The van der Waals surface area contributed by atoms with E-state index >= 15 is 0 Å². The number of guanidine groups is 1. The van der Waals surface area contributed by atoms with Gasteiger partial charge in [0.25, 0.3) is 0 Å². The van der Waals surface area contributed by atoms with Crippen LogP contribution in [0.25, 0.3) is 0 Å². The number of fused-ring (bicyclic) bond motifs is 1. The average Bonchev–Trinajstić information content (AvgIpc) is 3.40. The molecule has 4 rings (SSSR count). The molecule has 1 fully saturated rings. The second-order valence-electron chi connectivity index (χ2n) is 7.25. The van der Waals surface area contributed by atoms with Crippen LogP contribution in [-0.4, -0.2) is 46.0 Å². The summed E-state index contributed by atoms with van der Waals surface area (Å²) in [6.45, 7) is 4.28. The number of nitrogens with zero attached hydrogens (tertiary/aromatic N) is 2. The Morgan fingerprint density at radius 2 is 1.93 bits per heavy atom. The number of hydrogen-bond donors (Lipinski definition) is 2. The van der Waals surface area contributed by atoms with Crippen LogP contribution in [0.15, 0.2) is 53.5 Å². The van der Waals surface area contributed by atoms with Crippen molar-refractivity contribution < 1.29 is 9.47 Å². The van der Waals surface area contributed by atoms with Crippen LogP contribution in [0, 0.1) is 5.92 Å². The van der Waals surface area contributed by atoms with E-state index in [2.05, 4.69) is 63.0 Å². The maximum atomic E-state index is 5.44. The summed E-state index contributed by atoms with van der Waals surface area (Å²) in [5.41, 5.74) is 2.54. The van der Waals surface area contributed by atoms with Gasteiger partial charge in [-0.25, -0.2) is 0 Å². The van der Waals surface area contributed by atoms with Crippen LogP contribution < -0.4 is 25.0 Å². The predicted octanol–water partition coefficient (Wildman–Crippen LogP) is 3.27. The molecular formula is C22H29IN4O2. The molecule has 6 nitrogen and oxygen atoms in total. The second kappa shape index (κ2) is 10.6. The Bertz CT molecular complexity index is 816. The fourth-order valence-corrected chi connectivity index (χ4v) is 3.76. The fourth-order valence-electron chi connectivity index (χ4n) is 3.76. The number of anilines is 1. The SMILES string of the molecule is CN=C(NCCc1ccc2c(c1)OCO2)NCC1CCN(c2ccccc2)C1.I. The molecule has 1 atom stereocenters. The van der Waals surface area contributed by atoms with Gasteiger partial charge in [0.1, 0.15) is 0 Å². The first-order valence-corrected chi connectivity index (χ1v) is 9.95. The molecule has 1 unspecified atom stereocenters. The zero-order valence-corrected chi connectivity index (χ0v) is 19.1. The lowest BCUT2D eigenvalue weighted by Crippen LogP contribution is -2.41. The van der Waals surface area contributed by atoms with E-state index in [0.717, 1.165) is 50.1 Å². The third-order valence-electron chi connectivity index (χ3n) is 5.33. The number of nitrogens with one attached hydrogen (secondary N) is 2. The van der Waals surface area contributed by atoms with Crippen molar-refractivity contribution in [3.05, 3.63) is 54.1 Å². The van der Waals surface area contributed by atoms with Gasteiger partial charge in [-0.15, -0.1) is 24.0 Å². The molecule has 2 aromatic rings. The van der Waals surface area contributed by atoms with Crippen molar-refractivity contribution in [2.45, 2.75) is 12.8 Å². The summed E-state index contributed by atoms with van der Waals surface area (Å²) < 4.78 is 10.8.